The summed E-state index contributed by atoms with van der Waals surface area (Å²) in [5.41, 5.74) is 0.913. The maximum Gasteiger partial charge on any atom is 0.249 e. The monoisotopic (exact) mass is 302 g/mol. The second kappa shape index (κ2) is 8.96. The number of hydrogen-bond donors (Lipinski definition) is 2. The van der Waals surface area contributed by atoms with Gasteiger partial charge in [0, 0.05) is 39.1 Å². The third-order valence-corrected chi connectivity index (χ3v) is 3.24. The number of hydrogen-bond acceptors (Lipinski definition) is 4. The van der Waals surface area contributed by atoms with Crippen LogP contribution in [0, 0.1) is 0 Å². The summed E-state index contributed by atoms with van der Waals surface area (Å²) in [5, 5.41) is 10.3. The van der Waals surface area contributed by atoms with Crippen LogP contribution in [-0.2, 0) is 9.53 Å². The first-order chi connectivity index (χ1) is 10.8. The zero-order valence-corrected chi connectivity index (χ0v) is 12.7. The molecule has 0 bridgehead atoms. The summed E-state index contributed by atoms with van der Waals surface area (Å²) >= 11 is 0. The molecule has 0 saturated carbocycles. The molecule has 0 aliphatic heterocycles. The van der Waals surface area contributed by atoms with Crippen LogP contribution in [-0.4, -0.2) is 49.0 Å². The minimum absolute atomic E-state index is 0.0663. The molecule has 1 atom stereocenters. The smallest absolute Gasteiger partial charge is 0.249 e. The minimum atomic E-state index is -0.449. The third kappa shape index (κ3) is 4.68. The molecule has 2 N–H and O–H groups in total. The van der Waals surface area contributed by atoms with Crippen LogP contribution in [0.25, 0.3) is 0 Å². The van der Waals surface area contributed by atoms with Gasteiger partial charge in [-0.1, -0.05) is 30.3 Å². The molecule has 1 aromatic heterocycles. The molecule has 1 heterocycles. The van der Waals surface area contributed by atoms with Gasteiger partial charge in [0.05, 0.1) is 6.61 Å². The van der Waals surface area contributed by atoms with Crippen LogP contribution in [0.15, 0.2) is 48.8 Å². The number of nitrogens with zero attached hydrogens (tertiary/aromatic N) is 2. The van der Waals surface area contributed by atoms with E-state index in [-0.39, 0.29) is 5.91 Å². The number of rotatable bonds is 9. The van der Waals surface area contributed by atoms with Crippen molar-refractivity contribution in [2.75, 3.05) is 33.4 Å². The Morgan fingerprint density at radius 1 is 1.23 bits per heavy atom. The predicted molar refractivity (Wildman–Crippen MR) is 84.6 cm³/mol. The summed E-state index contributed by atoms with van der Waals surface area (Å²) in [4.78, 5) is 12.5. The highest BCUT2D eigenvalue weighted by Crippen LogP contribution is 2.17. The van der Waals surface area contributed by atoms with Crippen LogP contribution >= 0.6 is 0 Å². The van der Waals surface area contributed by atoms with Crippen molar-refractivity contribution in [2.45, 2.75) is 6.04 Å². The zero-order chi connectivity index (χ0) is 15.6. The van der Waals surface area contributed by atoms with Crippen molar-refractivity contribution in [3.8, 4) is 0 Å². The Labute approximate surface area is 130 Å². The summed E-state index contributed by atoms with van der Waals surface area (Å²) in [6, 6.07) is 11.0. The molecular formula is C16H22N4O2. The van der Waals surface area contributed by atoms with E-state index >= 15 is 0 Å². The normalized spacial score (nSPS) is 12.0. The van der Waals surface area contributed by atoms with Gasteiger partial charge in [0.25, 0.3) is 0 Å². The van der Waals surface area contributed by atoms with E-state index in [9.17, 15) is 4.79 Å². The van der Waals surface area contributed by atoms with Crippen molar-refractivity contribution >= 4 is 5.91 Å². The zero-order valence-electron chi connectivity index (χ0n) is 12.7. The molecule has 6 nitrogen and oxygen atoms in total. The molecule has 22 heavy (non-hydrogen) atoms. The molecule has 1 amide bonds. The van der Waals surface area contributed by atoms with Crippen LogP contribution in [0.2, 0.25) is 0 Å². The van der Waals surface area contributed by atoms with Crippen LogP contribution in [0.1, 0.15) is 11.6 Å². The fraction of sp³-hybridized carbons (Fsp3) is 0.375. The van der Waals surface area contributed by atoms with Gasteiger partial charge in [0.15, 0.2) is 6.04 Å². The van der Waals surface area contributed by atoms with Gasteiger partial charge in [-0.05, 0) is 11.6 Å². The Balaban J connectivity index is 1.93. The van der Waals surface area contributed by atoms with Gasteiger partial charge < -0.3 is 15.4 Å². The largest absolute Gasteiger partial charge is 0.383 e. The fourth-order valence-electron chi connectivity index (χ4n) is 2.16. The number of carbonyl (C=O) groups is 1. The second-order valence-electron chi connectivity index (χ2n) is 4.83. The molecule has 0 fully saturated rings. The molecule has 0 aliphatic rings. The number of aromatic nitrogens is 2. The van der Waals surface area contributed by atoms with Crippen LogP contribution < -0.4 is 10.6 Å². The second-order valence-corrected chi connectivity index (χ2v) is 4.83. The van der Waals surface area contributed by atoms with Gasteiger partial charge >= 0.3 is 0 Å². The molecule has 1 unspecified atom stereocenters. The quantitative estimate of drug-likeness (QED) is 0.673. The Hall–Kier alpha value is -2.18. The van der Waals surface area contributed by atoms with Crippen molar-refractivity contribution in [3.05, 3.63) is 54.4 Å². The maximum absolute atomic E-state index is 12.5. The molecule has 1 aromatic carbocycles. The minimum Gasteiger partial charge on any atom is -0.383 e. The molecule has 2 rings (SSSR count). The van der Waals surface area contributed by atoms with E-state index in [1.54, 1.807) is 24.2 Å². The van der Waals surface area contributed by atoms with Crippen molar-refractivity contribution in [3.63, 3.8) is 0 Å². The molecule has 0 radical (unpaired) electrons. The van der Waals surface area contributed by atoms with E-state index in [1.165, 1.54) is 0 Å². The molecule has 2 aromatic rings. The van der Waals surface area contributed by atoms with E-state index in [1.807, 2.05) is 36.4 Å². The van der Waals surface area contributed by atoms with Crippen LogP contribution in [0.3, 0.4) is 0 Å². The first kappa shape index (κ1) is 16.2. The molecule has 0 saturated heterocycles. The average Bonchev–Trinajstić information content (AvgIpc) is 3.06. The summed E-state index contributed by atoms with van der Waals surface area (Å²) in [7, 11) is 1.66. The van der Waals surface area contributed by atoms with Crippen LogP contribution in [0.5, 0.6) is 0 Å². The van der Waals surface area contributed by atoms with E-state index in [2.05, 4.69) is 15.7 Å². The summed E-state index contributed by atoms with van der Waals surface area (Å²) in [6.45, 7) is 2.70. The van der Waals surface area contributed by atoms with Crippen molar-refractivity contribution in [1.82, 2.24) is 20.4 Å². The Morgan fingerprint density at radius 2 is 2.05 bits per heavy atom. The van der Waals surface area contributed by atoms with Crippen LogP contribution in [0.4, 0.5) is 0 Å². The molecule has 118 valence electrons. The highest BCUT2D eigenvalue weighted by Gasteiger charge is 2.22. The van der Waals surface area contributed by atoms with E-state index in [0.29, 0.717) is 19.7 Å². The molecular weight excluding hydrogens is 280 g/mol. The SMILES string of the molecule is COCCNCCNC(=O)C(c1ccccc1)n1cccn1. The summed E-state index contributed by atoms with van der Waals surface area (Å²) in [5.74, 6) is -0.0663. The first-order valence-electron chi connectivity index (χ1n) is 7.34. The van der Waals surface area contributed by atoms with Gasteiger partial charge in [0.1, 0.15) is 0 Å². The fourth-order valence-corrected chi connectivity index (χ4v) is 2.16. The number of ether oxygens (including phenoxy) is 1. The third-order valence-electron chi connectivity index (χ3n) is 3.24. The summed E-state index contributed by atoms with van der Waals surface area (Å²) < 4.78 is 6.62. The summed E-state index contributed by atoms with van der Waals surface area (Å²) in [6.07, 6.45) is 3.48. The topological polar surface area (TPSA) is 68.2 Å². The molecule has 6 heteroatoms. The Morgan fingerprint density at radius 3 is 2.73 bits per heavy atom. The lowest BCUT2D eigenvalue weighted by molar-refractivity contribution is -0.123. The van der Waals surface area contributed by atoms with Gasteiger partial charge in [-0.3, -0.25) is 9.48 Å². The molecule has 0 spiro atoms. The maximum atomic E-state index is 12.5. The van der Waals surface area contributed by atoms with Crippen molar-refractivity contribution in [1.29, 1.82) is 0 Å². The lowest BCUT2D eigenvalue weighted by Gasteiger charge is -2.18. The van der Waals surface area contributed by atoms with Gasteiger partial charge in [-0.25, -0.2) is 0 Å². The van der Waals surface area contributed by atoms with Gasteiger partial charge in [-0.15, -0.1) is 0 Å². The van der Waals surface area contributed by atoms with Crippen molar-refractivity contribution in [2.24, 2.45) is 0 Å². The highest BCUT2D eigenvalue weighted by molar-refractivity contribution is 5.83. The predicted octanol–water partition coefficient (Wildman–Crippen LogP) is 0.825. The number of amides is 1. The first-order valence-corrected chi connectivity index (χ1v) is 7.34. The number of benzene rings is 1. The van der Waals surface area contributed by atoms with Gasteiger partial charge in [0.2, 0.25) is 5.91 Å². The lowest BCUT2D eigenvalue weighted by Crippen LogP contribution is -2.38. The van der Waals surface area contributed by atoms with Crippen molar-refractivity contribution < 1.29 is 9.53 Å². The van der Waals surface area contributed by atoms with E-state index < -0.39 is 6.04 Å². The number of carbonyl (C=O) groups excluding carboxylic acids is 1. The van der Waals surface area contributed by atoms with E-state index in [4.69, 9.17) is 4.74 Å². The Kier molecular flexibility index (Phi) is 6.60. The number of methoxy groups -OCH3 is 1. The number of nitrogens with one attached hydrogen (secondary N) is 2. The van der Waals surface area contributed by atoms with E-state index in [0.717, 1.165) is 12.1 Å². The van der Waals surface area contributed by atoms with Gasteiger partial charge in [-0.2, -0.15) is 5.10 Å². The Bertz CT molecular complexity index is 543. The lowest BCUT2D eigenvalue weighted by atomic mass is 10.1. The average molecular weight is 302 g/mol. The molecule has 0 aliphatic carbocycles. The standard InChI is InChI=1S/C16H22N4O2/c1-22-13-11-17-9-10-18-16(21)15(20-12-5-8-19-20)14-6-3-2-4-7-14/h2-8,12,15,17H,9-11,13H2,1H3,(H,18,21). The highest BCUT2D eigenvalue weighted by atomic mass is 16.5.